The van der Waals surface area contributed by atoms with Crippen molar-refractivity contribution >= 4 is 16.5 Å². The third kappa shape index (κ3) is 5.98. The van der Waals surface area contributed by atoms with Crippen molar-refractivity contribution in [3.8, 4) is 67.5 Å². The highest BCUT2D eigenvalue weighted by Gasteiger charge is 2.37. The van der Waals surface area contributed by atoms with Crippen LogP contribution in [0.5, 0.6) is 0 Å². The van der Waals surface area contributed by atoms with Gasteiger partial charge in [-0.05, 0) is 85.6 Å². The summed E-state index contributed by atoms with van der Waals surface area (Å²) in [7, 11) is 0. The first-order valence-electron chi connectivity index (χ1n) is 18.5. The van der Waals surface area contributed by atoms with Gasteiger partial charge in [0, 0.05) is 33.9 Å². The van der Waals surface area contributed by atoms with Crippen LogP contribution in [0.3, 0.4) is 0 Å². The van der Waals surface area contributed by atoms with Crippen LogP contribution < -0.4 is 0 Å². The first-order valence-corrected chi connectivity index (χ1v) is 18.5. The van der Waals surface area contributed by atoms with E-state index in [2.05, 4.69) is 129 Å². The minimum Gasteiger partial charge on any atom is -0.257 e. The van der Waals surface area contributed by atoms with Crippen LogP contribution in [0.15, 0.2) is 188 Å². The number of aliphatic imine (C=N–C) groups is 1. The van der Waals surface area contributed by atoms with Crippen LogP contribution in [-0.4, -0.2) is 20.7 Å². The van der Waals surface area contributed by atoms with Crippen LogP contribution in [0.4, 0.5) is 0 Å². The van der Waals surface area contributed by atoms with E-state index in [4.69, 9.17) is 15.0 Å². The van der Waals surface area contributed by atoms with Gasteiger partial charge in [-0.25, -0.2) is 15.0 Å². The number of hydrogen-bond acceptors (Lipinski definition) is 4. The van der Waals surface area contributed by atoms with Gasteiger partial charge in [0.25, 0.3) is 0 Å². The van der Waals surface area contributed by atoms with Crippen molar-refractivity contribution in [2.45, 2.75) is 19.3 Å². The zero-order chi connectivity index (χ0) is 37.5. The highest BCUT2D eigenvalue weighted by molar-refractivity contribution is 6.10. The quantitative estimate of drug-likeness (QED) is 0.148. The van der Waals surface area contributed by atoms with Crippen molar-refractivity contribution in [3.05, 3.63) is 200 Å². The molecule has 0 saturated carbocycles. The zero-order valence-corrected chi connectivity index (χ0v) is 30.9. The van der Waals surface area contributed by atoms with Gasteiger partial charge >= 0.3 is 0 Å². The molecule has 55 heavy (non-hydrogen) atoms. The van der Waals surface area contributed by atoms with E-state index in [0.717, 1.165) is 44.7 Å². The van der Waals surface area contributed by atoms with Crippen LogP contribution in [-0.2, 0) is 5.41 Å². The number of nitrogens with zero attached hydrogens (tertiary/aromatic N) is 4. The number of allylic oxidation sites excluding steroid dienone is 1. The van der Waals surface area contributed by atoms with Crippen LogP contribution in [0, 0.1) is 0 Å². The van der Waals surface area contributed by atoms with E-state index in [9.17, 15) is 0 Å². The summed E-state index contributed by atoms with van der Waals surface area (Å²) in [6, 6.07) is 55.5. The Morgan fingerprint density at radius 2 is 1.04 bits per heavy atom. The zero-order valence-electron chi connectivity index (χ0n) is 30.9. The largest absolute Gasteiger partial charge is 0.257 e. The molecular weight excluding hydrogens is 669 g/mol. The maximum absolute atomic E-state index is 5.15. The molecule has 1 heterocycles. The average Bonchev–Trinajstić information content (AvgIpc) is 3.48. The lowest BCUT2D eigenvalue weighted by atomic mass is 9.80. The molecule has 0 amide bonds. The van der Waals surface area contributed by atoms with E-state index in [1.54, 1.807) is 12.3 Å². The van der Waals surface area contributed by atoms with Crippen molar-refractivity contribution in [1.82, 2.24) is 15.0 Å². The summed E-state index contributed by atoms with van der Waals surface area (Å²) in [4.78, 5) is 19.7. The predicted molar refractivity (Wildman–Crippen MR) is 229 cm³/mol. The van der Waals surface area contributed by atoms with Gasteiger partial charge in [-0.15, -0.1) is 0 Å². The fourth-order valence-electron chi connectivity index (χ4n) is 7.98. The highest BCUT2D eigenvalue weighted by atomic mass is 15.0. The van der Waals surface area contributed by atoms with E-state index in [0.29, 0.717) is 17.5 Å². The number of hydrogen-bond donors (Lipinski definition) is 0. The first-order chi connectivity index (χ1) is 26.9. The van der Waals surface area contributed by atoms with E-state index in [-0.39, 0.29) is 5.41 Å². The molecule has 0 fully saturated rings. The Hall–Kier alpha value is -7.04. The maximum atomic E-state index is 5.15. The number of benzene rings is 7. The fourth-order valence-corrected chi connectivity index (χ4v) is 7.98. The second-order valence-corrected chi connectivity index (χ2v) is 14.4. The Bertz CT molecular complexity index is 2740. The summed E-state index contributed by atoms with van der Waals surface area (Å²) >= 11 is 0. The van der Waals surface area contributed by atoms with Gasteiger partial charge < -0.3 is 0 Å². The van der Waals surface area contributed by atoms with Crippen LogP contribution >= 0.6 is 0 Å². The molecule has 0 saturated heterocycles. The van der Waals surface area contributed by atoms with Crippen molar-refractivity contribution < 1.29 is 0 Å². The van der Waals surface area contributed by atoms with Gasteiger partial charge in [-0.3, -0.25) is 4.99 Å². The Morgan fingerprint density at radius 3 is 1.67 bits per heavy atom. The molecule has 0 unspecified atom stereocenters. The Balaban J connectivity index is 1.31. The SMILES string of the molecule is C=CN=C(C=C)c1ccc(-c2cc(-c3nc(-c4ccccc4)nc(-c4ccccc4)n3)cc(-c3cc4c(c5ccccc35)-c3ccccc3C4(C)C)c2)cc1. The molecule has 1 aliphatic carbocycles. The van der Waals surface area contributed by atoms with Gasteiger partial charge in [-0.1, -0.05) is 160 Å². The molecule has 0 spiro atoms. The van der Waals surface area contributed by atoms with Crippen molar-refractivity contribution in [1.29, 1.82) is 0 Å². The third-order valence-corrected chi connectivity index (χ3v) is 10.7. The molecule has 1 aliphatic rings. The van der Waals surface area contributed by atoms with Crippen LogP contribution in [0.1, 0.15) is 30.5 Å². The van der Waals surface area contributed by atoms with E-state index < -0.39 is 0 Å². The van der Waals surface area contributed by atoms with E-state index in [1.165, 1.54) is 38.6 Å². The predicted octanol–water partition coefficient (Wildman–Crippen LogP) is 12.8. The molecule has 7 aromatic carbocycles. The normalized spacial score (nSPS) is 12.9. The minimum atomic E-state index is -0.166. The number of fused-ring (bicyclic) bond motifs is 5. The number of aromatic nitrogens is 3. The lowest BCUT2D eigenvalue weighted by Gasteiger charge is -2.23. The van der Waals surface area contributed by atoms with Crippen LogP contribution in [0.2, 0.25) is 0 Å². The van der Waals surface area contributed by atoms with Gasteiger partial charge in [-0.2, -0.15) is 0 Å². The summed E-state index contributed by atoms with van der Waals surface area (Å²) in [5, 5.41) is 2.45. The molecule has 8 aromatic rings. The molecule has 4 nitrogen and oxygen atoms in total. The van der Waals surface area contributed by atoms with Crippen molar-refractivity contribution in [2.75, 3.05) is 0 Å². The molecule has 0 radical (unpaired) electrons. The summed E-state index contributed by atoms with van der Waals surface area (Å²) < 4.78 is 0. The molecule has 1 aromatic heterocycles. The molecule has 4 heteroatoms. The fraction of sp³-hybridized carbons (Fsp3) is 0.0588. The maximum Gasteiger partial charge on any atom is 0.164 e. The molecule has 262 valence electrons. The van der Waals surface area contributed by atoms with E-state index >= 15 is 0 Å². The minimum absolute atomic E-state index is 0.166. The summed E-state index contributed by atoms with van der Waals surface area (Å²) in [5.74, 6) is 1.86. The summed E-state index contributed by atoms with van der Waals surface area (Å²) in [6.07, 6.45) is 3.30. The Labute approximate surface area is 322 Å². The first kappa shape index (κ1) is 33.8. The summed E-state index contributed by atoms with van der Waals surface area (Å²) in [5.41, 5.74) is 14.0. The number of rotatable bonds is 8. The highest BCUT2D eigenvalue weighted by Crippen LogP contribution is 2.53. The van der Waals surface area contributed by atoms with Gasteiger partial charge in [0.15, 0.2) is 17.5 Å². The molecular formula is C51H38N4. The lowest BCUT2D eigenvalue weighted by Crippen LogP contribution is -2.15. The van der Waals surface area contributed by atoms with Gasteiger partial charge in [0.2, 0.25) is 0 Å². The molecule has 0 bridgehead atoms. The monoisotopic (exact) mass is 706 g/mol. The topological polar surface area (TPSA) is 51.0 Å². The smallest absolute Gasteiger partial charge is 0.164 e. The molecule has 9 rings (SSSR count). The van der Waals surface area contributed by atoms with Gasteiger partial charge in [0.05, 0.1) is 5.71 Å². The summed E-state index contributed by atoms with van der Waals surface area (Å²) in [6.45, 7) is 12.4. The Morgan fingerprint density at radius 1 is 0.491 bits per heavy atom. The Kier molecular flexibility index (Phi) is 8.44. The second kappa shape index (κ2) is 13.7. The van der Waals surface area contributed by atoms with Gasteiger partial charge in [0.1, 0.15) is 0 Å². The lowest BCUT2D eigenvalue weighted by molar-refractivity contribution is 0.661. The van der Waals surface area contributed by atoms with E-state index in [1.807, 2.05) is 60.7 Å². The van der Waals surface area contributed by atoms with Crippen molar-refractivity contribution in [2.24, 2.45) is 4.99 Å². The average molecular weight is 707 g/mol. The molecule has 0 atom stereocenters. The van der Waals surface area contributed by atoms with Crippen LogP contribution in [0.25, 0.3) is 78.3 Å². The standard InChI is InChI=1S/C51H38N4/c1-5-46(52-6-2)34-27-25-33(26-28-34)37-29-38(43-32-45-47(41-22-14-13-21-40(41)43)42-23-15-16-24-44(42)51(45,3)4)31-39(30-37)50-54-48(35-17-9-7-10-18-35)53-49(55-50)36-19-11-8-12-20-36/h5-32H,1-2H2,3-4H3. The second-order valence-electron chi connectivity index (χ2n) is 14.4. The third-order valence-electron chi connectivity index (χ3n) is 10.7. The molecule has 0 aliphatic heterocycles. The molecule has 0 N–H and O–H groups in total. The van der Waals surface area contributed by atoms with Crippen molar-refractivity contribution in [3.63, 3.8) is 0 Å².